The highest BCUT2D eigenvalue weighted by atomic mass is 19.1. The second-order valence-electron chi connectivity index (χ2n) is 5.12. The first-order chi connectivity index (χ1) is 9.06. The average Bonchev–Trinajstić information content (AvgIpc) is 2.39. The topological polar surface area (TPSA) is 58.4 Å². The summed E-state index contributed by atoms with van der Waals surface area (Å²) in [6.45, 7) is 3.41. The van der Waals surface area contributed by atoms with E-state index >= 15 is 0 Å². The molecule has 0 spiro atoms. The summed E-state index contributed by atoms with van der Waals surface area (Å²) in [4.78, 5) is 13.8. The third kappa shape index (κ3) is 3.67. The first-order valence-corrected chi connectivity index (χ1v) is 6.63. The first kappa shape index (κ1) is 13.8. The number of amides is 2. The van der Waals surface area contributed by atoms with E-state index in [1.165, 1.54) is 12.1 Å². The number of anilines is 1. The molecule has 1 fully saturated rings. The van der Waals surface area contributed by atoms with Gasteiger partial charge in [-0.2, -0.15) is 0 Å². The van der Waals surface area contributed by atoms with Crippen LogP contribution >= 0.6 is 0 Å². The van der Waals surface area contributed by atoms with Gasteiger partial charge in [0, 0.05) is 24.8 Å². The van der Waals surface area contributed by atoms with Crippen molar-refractivity contribution in [3.63, 3.8) is 0 Å². The molecule has 0 radical (unpaired) electrons. The van der Waals surface area contributed by atoms with E-state index in [0.29, 0.717) is 24.7 Å². The van der Waals surface area contributed by atoms with Gasteiger partial charge in [0.1, 0.15) is 5.82 Å². The van der Waals surface area contributed by atoms with Crippen LogP contribution in [0.4, 0.5) is 14.9 Å². The lowest BCUT2D eigenvalue weighted by Gasteiger charge is -2.33. The van der Waals surface area contributed by atoms with Crippen molar-refractivity contribution < 1.29 is 9.18 Å². The molecule has 4 nitrogen and oxygen atoms in total. The maximum Gasteiger partial charge on any atom is 0.321 e. The zero-order valence-electron chi connectivity index (χ0n) is 11.1. The van der Waals surface area contributed by atoms with Gasteiger partial charge < -0.3 is 16.0 Å². The molecular formula is C14H20FN3O. The number of piperidine rings is 1. The summed E-state index contributed by atoms with van der Waals surface area (Å²) in [7, 11) is 0. The Labute approximate surface area is 112 Å². The van der Waals surface area contributed by atoms with E-state index in [2.05, 4.69) is 5.32 Å². The van der Waals surface area contributed by atoms with Gasteiger partial charge in [0.15, 0.2) is 0 Å². The number of nitrogens with two attached hydrogens (primary N) is 1. The van der Waals surface area contributed by atoms with Crippen LogP contribution in [0.3, 0.4) is 0 Å². The second kappa shape index (κ2) is 6.02. The normalized spacial score (nSPS) is 18.2. The minimum absolute atomic E-state index is 0.172. The predicted molar refractivity (Wildman–Crippen MR) is 73.4 cm³/mol. The van der Waals surface area contributed by atoms with Crippen LogP contribution in [0.25, 0.3) is 0 Å². The second-order valence-corrected chi connectivity index (χ2v) is 5.12. The molecular weight excluding hydrogens is 245 g/mol. The average molecular weight is 265 g/mol. The summed E-state index contributed by atoms with van der Waals surface area (Å²) in [6, 6.07) is 5.92. The molecule has 1 aromatic rings. The van der Waals surface area contributed by atoms with Gasteiger partial charge in [0.25, 0.3) is 0 Å². The lowest BCUT2D eigenvalue weighted by molar-refractivity contribution is 0.176. The number of urea groups is 1. The Morgan fingerprint density at radius 2 is 2.16 bits per heavy atom. The molecule has 0 saturated carbocycles. The molecule has 2 rings (SSSR count). The van der Waals surface area contributed by atoms with Gasteiger partial charge in [0.2, 0.25) is 0 Å². The highest BCUT2D eigenvalue weighted by Crippen LogP contribution is 2.20. The molecule has 1 unspecified atom stereocenters. The van der Waals surface area contributed by atoms with E-state index in [-0.39, 0.29) is 17.9 Å². The third-order valence-electron chi connectivity index (χ3n) is 3.65. The Bertz CT molecular complexity index is 442. The van der Waals surface area contributed by atoms with E-state index in [9.17, 15) is 9.18 Å². The van der Waals surface area contributed by atoms with E-state index in [4.69, 9.17) is 5.73 Å². The van der Waals surface area contributed by atoms with Gasteiger partial charge >= 0.3 is 6.03 Å². The largest absolute Gasteiger partial charge is 0.328 e. The molecule has 1 aromatic carbocycles. The summed E-state index contributed by atoms with van der Waals surface area (Å²) < 4.78 is 13.0. The molecule has 0 bridgehead atoms. The predicted octanol–water partition coefficient (Wildman–Crippen LogP) is 2.42. The molecule has 0 aromatic heterocycles. The minimum Gasteiger partial charge on any atom is -0.328 e. The molecule has 1 aliphatic heterocycles. The number of halogens is 1. The summed E-state index contributed by atoms with van der Waals surface area (Å²) in [5, 5.41) is 2.71. The number of benzene rings is 1. The monoisotopic (exact) mass is 265 g/mol. The van der Waals surface area contributed by atoms with Crippen molar-refractivity contribution >= 4 is 11.7 Å². The Morgan fingerprint density at radius 1 is 1.47 bits per heavy atom. The maximum atomic E-state index is 13.0. The molecule has 0 aliphatic carbocycles. The van der Waals surface area contributed by atoms with Crippen molar-refractivity contribution in [2.24, 2.45) is 11.7 Å². The van der Waals surface area contributed by atoms with Crippen molar-refractivity contribution in [1.82, 2.24) is 4.90 Å². The van der Waals surface area contributed by atoms with Crippen LogP contribution in [0.2, 0.25) is 0 Å². The fraction of sp³-hybridized carbons (Fsp3) is 0.500. The highest BCUT2D eigenvalue weighted by molar-refractivity contribution is 5.89. The molecule has 1 heterocycles. The first-order valence-electron chi connectivity index (χ1n) is 6.63. The fourth-order valence-electron chi connectivity index (χ4n) is 2.40. The molecule has 1 atom stereocenters. The van der Waals surface area contributed by atoms with Crippen LogP contribution in [0.1, 0.15) is 19.8 Å². The smallest absolute Gasteiger partial charge is 0.321 e. The zero-order valence-corrected chi connectivity index (χ0v) is 11.1. The molecule has 1 aliphatic rings. The van der Waals surface area contributed by atoms with Crippen molar-refractivity contribution in [3.05, 3.63) is 30.1 Å². The van der Waals surface area contributed by atoms with Gasteiger partial charge in [0.05, 0.1) is 0 Å². The molecule has 2 amide bonds. The van der Waals surface area contributed by atoms with Gasteiger partial charge in [-0.1, -0.05) is 6.07 Å². The Balaban J connectivity index is 1.88. The standard InChI is InChI=1S/C14H20FN3O/c1-10(16)11-5-7-18(8-6-11)14(19)17-13-4-2-3-12(15)9-13/h2-4,9-11H,5-8,16H2,1H3,(H,17,19). The summed E-state index contributed by atoms with van der Waals surface area (Å²) in [6.07, 6.45) is 1.85. The fourth-order valence-corrected chi connectivity index (χ4v) is 2.40. The van der Waals surface area contributed by atoms with Gasteiger partial charge in [-0.05, 0) is 43.9 Å². The number of hydrogen-bond donors (Lipinski definition) is 2. The number of nitrogens with zero attached hydrogens (tertiary/aromatic N) is 1. The Morgan fingerprint density at radius 3 is 2.74 bits per heavy atom. The summed E-state index contributed by atoms with van der Waals surface area (Å²) >= 11 is 0. The van der Waals surface area contributed by atoms with Crippen LogP contribution in [0.5, 0.6) is 0 Å². The molecule has 19 heavy (non-hydrogen) atoms. The summed E-state index contributed by atoms with van der Waals surface area (Å²) in [5.41, 5.74) is 6.35. The molecule has 1 saturated heterocycles. The highest BCUT2D eigenvalue weighted by Gasteiger charge is 2.24. The Kier molecular flexibility index (Phi) is 4.37. The lowest BCUT2D eigenvalue weighted by Crippen LogP contribution is -2.44. The number of likely N-dealkylation sites (tertiary alicyclic amines) is 1. The van der Waals surface area contributed by atoms with Crippen LogP contribution < -0.4 is 11.1 Å². The minimum atomic E-state index is -0.353. The third-order valence-corrected chi connectivity index (χ3v) is 3.65. The van der Waals surface area contributed by atoms with Crippen molar-refractivity contribution in [2.45, 2.75) is 25.8 Å². The van der Waals surface area contributed by atoms with Crippen LogP contribution in [-0.2, 0) is 0 Å². The van der Waals surface area contributed by atoms with Crippen molar-refractivity contribution in [1.29, 1.82) is 0 Å². The maximum absolute atomic E-state index is 13.0. The van der Waals surface area contributed by atoms with Gasteiger partial charge in [-0.25, -0.2) is 9.18 Å². The van der Waals surface area contributed by atoms with E-state index in [1.54, 1.807) is 17.0 Å². The number of carbonyl (C=O) groups excluding carboxylic acids is 1. The number of carbonyl (C=O) groups is 1. The zero-order chi connectivity index (χ0) is 13.8. The van der Waals surface area contributed by atoms with Gasteiger partial charge in [-0.15, -0.1) is 0 Å². The van der Waals surface area contributed by atoms with E-state index in [1.807, 2.05) is 6.92 Å². The Hall–Kier alpha value is -1.62. The number of nitrogens with one attached hydrogen (secondary N) is 1. The van der Waals surface area contributed by atoms with Crippen LogP contribution in [0, 0.1) is 11.7 Å². The van der Waals surface area contributed by atoms with E-state index in [0.717, 1.165) is 12.8 Å². The molecule has 5 heteroatoms. The van der Waals surface area contributed by atoms with Crippen LogP contribution in [-0.4, -0.2) is 30.1 Å². The number of hydrogen-bond acceptors (Lipinski definition) is 2. The molecule has 104 valence electrons. The van der Waals surface area contributed by atoms with Crippen molar-refractivity contribution in [2.75, 3.05) is 18.4 Å². The van der Waals surface area contributed by atoms with Crippen molar-refractivity contribution in [3.8, 4) is 0 Å². The van der Waals surface area contributed by atoms with Crippen LogP contribution in [0.15, 0.2) is 24.3 Å². The van der Waals surface area contributed by atoms with Gasteiger partial charge in [-0.3, -0.25) is 0 Å². The lowest BCUT2D eigenvalue weighted by atomic mass is 9.91. The SMILES string of the molecule is CC(N)C1CCN(C(=O)Nc2cccc(F)c2)CC1. The molecule has 3 N–H and O–H groups in total. The van der Waals surface area contributed by atoms with E-state index < -0.39 is 0 Å². The quantitative estimate of drug-likeness (QED) is 0.862. The number of rotatable bonds is 2. The summed E-state index contributed by atoms with van der Waals surface area (Å²) in [5.74, 6) is 0.131.